The zero-order chi connectivity index (χ0) is 13.5. The first-order chi connectivity index (χ1) is 8.60. The zero-order valence-corrected chi connectivity index (χ0v) is 12.9. The third-order valence-electron chi connectivity index (χ3n) is 2.91. The number of hydrogen-bond donors (Lipinski definition) is 1. The van der Waals surface area contributed by atoms with Crippen LogP contribution in [0.5, 0.6) is 0 Å². The predicted molar refractivity (Wildman–Crippen MR) is 79.5 cm³/mol. The number of hydrogen-bond acceptors (Lipinski definition) is 4. The molecule has 0 saturated carbocycles. The summed E-state index contributed by atoms with van der Waals surface area (Å²) in [4.78, 5) is 3.58. The summed E-state index contributed by atoms with van der Waals surface area (Å²) in [5, 5.41) is 0. The van der Waals surface area contributed by atoms with E-state index in [0.717, 1.165) is 30.6 Å². The zero-order valence-electron chi connectivity index (χ0n) is 11.4. The molecule has 1 rings (SSSR count). The van der Waals surface area contributed by atoms with Gasteiger partial charge in [0.1, 0.15) is 0 Å². The van der Waals surface area contributed by atoms with Crippen molar-refractivity contribution in [3.63, 3.8) is 0 Å². The fourth-order valence-electron chi connectivity index (χ4n) is 2.08. The molecule has 0 aliphatic carbocycles. The number of rotatable bonds is 8. The van der Waals surface area contributed by atoms with E-state index in [1.54, 1.807) is 11.3 Å². The molecule has 1 heterocycles. The van der Waals surface area contributed by atoms with Crippen LogP contribution in [0.25, 0.3) is 0 Å². The number of likely N-dealkylation sites (N-methyl/N-ethyl adjacent to an activating group) is 1. The number of ether oxygens (including phenoxy) is 1. The van der Waals surface area contributed by atoms with Gasteiger partial charge < -0.3 is 10.5 Å². The van der Waals surface area contributed by atoms with E-state index in [2.05, 4.69) is 17.9 Å². The van der Waals surface area contributed by atoms with Gasteiger partial charge in [0.2, 0.25) is 0 Å². The Morgan fingerprint density at radius 3 is 2.61 bits per heavy atom. The summed E-state index contributed by atoms with van der Waals surface area (Å²) >= 11 is 7.63. The van der Waals surface area contributed by atoms with E-state index < -0.39 is 0 Å². The fourth-order valence-corrected chi connectivity index (χ4v) is 3.39. The Kier molecular flexibility index (Phi) is 7.19. The first kappa shape index (κ1) is 15.9. The molecule has 0 saturated heterocycles. The van der Waals surface area contributed by atoms with E-state index in [4.69, 9.17) is 22.1 Å². The Morgan fingerprint density at radius 2 is 2.17 bits per heavy atom. The summed E-state index contributed by atoms with van der Waals surface area (Å²) in [5.41, 5.74) is 6.14. The van der Waals surface area contributed by atoms with Gasteiger partial charge in [-0.05, 0) is 32.5 Å². The normalized spacial score (nSPS) is 15.0. The minimum absolute atomic E-state index is 0.0706. The van der Waals surface area contributed by atoms with Gasteiger partial charge in [0, 0.05) is 24.1 Å². The van der Waals surface area contributed by atoms with Crippen molar-refractivity contribution >= 4 is 22.9 Å². The lowest BCUT2D eigenvalue weighted by atomic mass is 10.1. The highest BCUT2D eigenvalue weighted by Crippen LogP contribution is 2.32. The fraction of sp³-hybridized carbons (Fsp3) is 0.692. The van der Waals surface area contributed by atoms with E-state index in [1.165, 1.54) is 4.88 Å². The highest BCUT2D eigenvalue weighted by molar-refractivity contribution is 7.16. The first-order valence-corrected chi connectivity index (χ1v) is 7.62. The molecule has 3 nitrogen and oxygen atoms in total. The van der Waals surface area contributed by atoms with Crippen LogP contribution in [0.4, 0.5) is 0 Å². The molecule has 0 amide bonds. The second-order valence-corrected chi connectivity index (χ2v) is 6.02. The van der Waals surface area contributed by atoms with Gasteiger partial charge in [-0.2, -0.15) is 0 Å². The molecule has 0 aliphatic heterocycles. The van der Waals surface area contributed by atoms with Crippen LogP contribution in [-0.4, -0.2) is 37.2 Å². The van der Waals surface area contributed by atoms with Gasteiger partial charge in [0.15, 0.2) is 0 Å². The molecule has 2 unspecified atom stereocenters. The molecule has 2 atom stereocenters. The summed E-state index contributed by atoms with van der Waals surface area (Å²) < 4.78 is 6.25. The van der Waals surface area contributed by atoms with Gasteiger partial charge in [0.05, 0.1) is 17.0 Å². The van der Waals surface area contributed by atoms with E-state index >= 15 is 0 Å². The van der Waals surface area contributed by atoms with Crippen molar-refractivity contribution in [3.05, 3.63) is 21.3 Å². The molecule has 104 valence electrons. The number of nitrogens with zero attached hydrogens (tertiary/aromatic N) is 1. The molecule has 0 bridgehead atoms. The molecule has 0 aliphatic rings. The lowest BCUT2D eigenvalue weighted by Gasteiger charge is -2.32. The van der Waals surface area contributed by atoms with Gasteiger partial charge in [-0.15, -0.1) is 11.3 Å². The molecule has 0 spiro atoms. The summed E-state index contributed by atoms with van der Waals surface area (Å²) in [6.45, 7) is 9.55. The van der Waals surface area contributed by atoms with Crippen LogP contribution in [0.2, 0.25) is 4.34 Å². The highest BCUT2D eigenvalue weighted by atomic mass is 35.5. The molecular weight excluding hydrogens is 268 g/mol. The van der Waals surface area contributed by atoms with Crippen molar-refractivity contribution in [3.8, 4) is 0 Å². The third-order valence-corrected chi connectivity index (χ3v) is 4.21. The standard InChI is InChI=1S/C13H23ClN2OS/c1-4-16(8-9-17-5-2)13(10(3)15)11-6-7-12(14)18-11/h6-7,10,13H,4-5,8-9,15H2,1-3H3. The van der Waals surface area contributed by atoms with E-state index in [9.17, 15) is 0 Å². The van der Waals surface area contributed by atoms with Crippen LogP contribution >= 0.6 is 22.9 Å². The quantitative estimate of drug-likeness (QED) is 0.748. The highest BCUT2D eigenvalue weighted by Gasteiger charge is 2.24. The maximum atomic E-state index is 6.14. The van der Waals surface area contributed by atoms with Crippen molar-refractivity contribution in [2.24, 2.45) is 5.73 Å². The van der Waals surface area contributed by atoms with Crippen LogP contribution in [0.1, 0.15) is 31.7 Å². The monoisotopic (exact) mass is 290 g/mol. The number of halogens is 1. The van der Waals surface area contributed by atoms with Crippen LogP contribution < -0.4 is 5.73 Å². The summed E-state index contributed by atoms with van der Waals surface area (Å²) in [6, 6.07) is 4.30. The summed E-state index contributed by atoms with van der Waals surface area (Å²) in [7, 11) is 0. The number of thiophene rings is 1. The molecule has 0 aromatic carbocycles. The average molecular weight is 291 g/mol. The topological polar surface area (TPSA) is 38.5 Å². The Labute approximate surface area is 119 Å². The molecule has 1 aromatic rings. The Morgan fingerprint density at radius 1 is 1.44 bits per heavy atom. The molecule has 0 radical (unpaired) electrons. The van der Waals surface area contributed by atoms with Crippen LogP contribution in [0, 0.1) is 0 Å². The van der Waals surface area contributed by atoms with Crippen molar-refractivity contribution in [2.45, 2.75) is 32.9 Å². The van der Waals surface area contributed by atoms with Gasteiger partial charge in [-0.25, -0.2) is 0 Å². The molecule has 5 heteroatoms. The summed E-state index contributed by atoms with van der Waals surface area (Å²) in [6.07, 6.45) is 0. The van der Waals surface area contributed by atoms with E-state index in [-0.39, 0.29) is 12.1 Å². The SMILES string of the molecule is CCOCCN(CC)C(c1ccc(Cl)s1)C(C)N. The molecule has 2 N–H and O–H groups in total. The van der Waals surface area contributed by atoms with Crippen molar-refractivity contribution in [2.75, 3.05) is 26.3 Å². The molecule has 1 aromatic heterocycles. The predicted octanol–water partition coefficient (Wildman–Crippen LogP) is 3.15. The van der Waals surface area contributed by atoms with Crippen molar-refractivity contribution in [1.82, 2.24) is 4.90 Å². The third kappa shape index (κ3) is 4.52. The average Bonchev–Trinajstić information content (AvgIpc) is 2.74. The van der Waals surface area contributed by atoms with Crippen molar-refractivity contribution < 1.29 is 4.74 Å². The van der Waals surface area contributed by atoms with Crippen LogP contribution in [0.3, 0.4) is 0 Å². The minimum atomic E-state index is 0.0706. The Hall–Kier alpha value is -0.130. The molecule has 18 heavy (non-hydrogen) atoms. The van der Waals surface area contributed by atoms with E-state index in [0.29, 0.717) is 0 Å². The second kappa shape index (κ2) is 8.12. The second-order valence-electron chi connectivity index (χ2n) is 4.27. The van der Waals surface area contributed by atoms with Gasteiger partial charge in [0.25, 0.3) is 0 Å². The largest absolute Gasteiger partial charge is 0.380 e. The molecular formula is C13H23ClN2OS. The summed E-state index contributed by atoms with van der Waals surface area (Å²) in [5.74, 6) is 0. The smallest absolute Gasteiger partial charge is 0.0931 e. The first-order valence-electron chi connectivity index (χ1n) is 6.42. The maximum absolute atomic E-state index is 6.14. The lowest BCUT2D eigenvalue weighted by Crippen LogP contribution is -2.40. The van der Waals surface area contributed by atoms with Gasteiger partial charge >= 0.3 is 0 Å². The van der Waals surface area contributed by atoms with Crippen molar-refractivity contribution in [1.29, 1.82) is 0 Å². The number of nitrogens with two attached hydrogens (primary N) is 1. The van der Waals surface area contributed by atoms with Gasteiger partial charge in [-0.3, -0.25) is 4.90 Å². The van der Waals surface area contributed by atoms with Crippen LogP contribution in [-0.2, 0) is 4.74 Å². The molecule has 0 fully saturated rings. The van der Waals surface area contributed by atoms with Crippen LogP contribution in [0.15, 0.2) is 12.1 Å². The van der Waals surface area contributed by atoms with Gasteiger partial charge in [-0.1, -0.05) is 18.5 Å². The maximum Gasteiger partial charge on any atom is 0.0931 e. The Balaban J connectivity index is 2.75. The van der Waals surface area contributed by atoms with E-state index in [1.807, 2.05) is 19.9 Å². The minimum Gasteiger partial charge on any atom is -0.380 e. The lowest BCUT2D eigenvalue weighted by molar-refractivity contribution is 0.0918. The Bertz CT molecular complexity index is 343.